The predicted octanol–water partition coefficient (Wildman–Crippen LogP) is 4.90. The van der Waals surface area contributed by atoms with Gasteiger partial charge < -0.3 is 0 Å². The summed E-state index contributed by atoms with van der Waals surface area (Å²) in [5.41, 5.74) is 3.11. The zero-order valence-electron chi connectivity index (χ0n) is 21.3. The molecule has 0 saturated carbocycles. The van der Waals surface area contributed by atoms with Gasteiger partial charge in [-0.3, -0.25) is 9.59 Å². The summed E-state index contributed by atoms with van der Waals surface area (Å²) in [7, 11) is 0. The van der Waals surface area contributed by atoms with Crippen LogP contribution < -0.4 is 5.62 Å². The number of hydrogen-bond acceptors (Lipinski definition) is 4. The molecule has 0 radical (unpaired) electrons. The molecule has 0 spiro atoms. The Morgan fingerprint density at radius 1 is 0.824 bits per heavy atom. The molecule has 3 rings (SSSR count). The van der Waals surface area contributed by atoms with Crippen LogP contribution in [-0.4, -0.2) is 31.6 Å². The number of nitrogens with zero attached hydrogens (tertiary/aromatic N) is 5. The number of carbonyl (C=O) groups excluding carboxylic acids is 2. The highest BCUT2D eigenvalue weighted by molar-refractivity contribution is 5.96. The van der Waals surface area contributed by atoms with Gasteiger partial charge in [-0.1, -0.05) is 84.3 Å². The lowest BCUT2D eigenvalue weighted by Gasteiger charge is -2.19. The molecular formula is C27H35N5O2. The Morgan fingerprint density at radius 3 is 1.79 bits per heavy atom. The number of carbonyl (C=O) groups is 2. The maximum absolute atomic E-state index is 13.4. The minimum absolute atomic E-state index is 0.0152. The minimum atomic E-state index is -0.465. The van der Waals surface area contributed by atoms with E-state index in [9.17, 15) is 9.59 Å². The number of hydrogen-bond donors (Lipinski definition) is 0. The molecule has 0 saturated heterocycles. The largest absolute Gasteiger partial charge is 0.281 e. The lowest BCUT2D eigenvalue weighted by atomic mass is 9.87. The van der Waals surface area contributed by atoms with Crippen molar-refractivity contribution in [1.82, 2.24) is 19.8 Å². The van der Waals surface area contributed by atoms with Crippen LogP contribution in [0.5, 0.6) is 0 Å². The second-order valence-corrected chi connectivity index (χ2v) is 10.6. The zero-order valence-corrected chi connectivity index (χ0v) is 21.3. The van der Waals surface area contributed by atoms with E-state index in [1.807, 2.05) is 24.3 Å². The van der Waals surface area contributed by atoms with Gasteiger partial charge in [0.2, 0.25) is 0 Å². The van der Waals surface area contributed by atoms with Gasteiger partial charge in [0, 0.05) is 11.1 Å². The van der Waals surface area contributed by atoms with Crippen LogP contribution in [0.4, 0.5) is 0 Å². The molecule has 0 bridgehead atoms. The van der Waals surface area contributed by atoms with E-state index in [1.165, 1.54) is 9.48 Å². The summed E-state index contributed by atoms with van der Waals surface area (Å²) < 4.78 is 1.29. The van der Waals surface area contributed by atoms with E-state index in [1.54, 1.807) is 24.3 Å². The topological polar surface area (TPSA) is 82.1 Å². The van der Waals surface area contributed by atoms with Gasteiger partial charge in [-0.05, 0) is 57.9 Å². The first-order chi connectivity index (χ1) is 15.9. The molecule has 0 atom stereocenters. The van der Waals surface area contributed by atoms with Crippen molar-refractivity contribution < 1.29 is 9.59 Å². The van der Waals surface area contributed by atoms with Crippen molar-refractivity contribution in [3.63, 3.8) is 0 Å². The van der Waals surface area contributed by atoms with Gasteiger partial charge in [-0.25, -0.2) is 0 Å². The van der Waals surface area contributed by atoms with E-state index in [-0.39, 0.29) is 22.4 Å². The molecule has 7 nitrogen and oxygen atoms in total. The van der Waals surface area contributed by atoms with Crippen molar-refractivity contribution in [2.24, 2.45) is 4.99 Å². The number of aryl methyl sites for hydroxylation is 1. The molecule has 0 fully saturated rings. The molecule has 0 aliphatic heterocycles. The van der Waals surface area contributed by atoms with Crippen molar-refractivity contribution in [1.29, 1.82) is 0 Å². The third-order valence-electron chi connectivity index (χ3n) is 5.76. The van der Waals surface area contributed by atoms with Crippen LogP contribution in [0, 0.1) is 0 Å². The van der Waals surface area contributed by atoms with Crippen LogP contribution in [0.1, 0.15) is 93.2 Å². The first kappa shape index (κ1) is 25.3. The summed E-state index contributed by atoms with van der Waals surface area (Å²) in [4.78, 5) is 32.0. The number of tetrazole rings is 1. The molecule has 7 heteroatoms. The zero-order chi connectivity index (χ0) is 25.1. The van der Waals surface area contributed by atoms with Crippen LogP contribution in [0.3, 0.4) is 0 Å². The molecule has 34 heavy (non-hydrogen) atoms. The van der Waals surface area contributed by atoms with Crippen LogP contribution in [0.25, 0.3) is 0 Å². The molecule has 0 aliphatic carbocycles. The third kappa shape index (κ3) is 5.76. The molecule has 1 heterocycles. The number of aromatic nitrogens is 4. The average molecular weight is 462 g/mol. The number of amides is 1. The van der Waals surface area contributed by atoms with Crippen LogP contribution in [0.2, 0.25) is 0 Å². The Bertz CT molecular complexity index is 1220. The fourth-order valence-corrected chi connectivity index (χ4v) is 3.49. The highest BCUT2D eigenvalue weighted by atomic mass is 16.2. The van der Waals surface area contributed by atoms with E-state index >= 15 is 0 Å². The van der Waals surface area contributed by atoms with E-state index in [4.69, 9.17) is 0 Å². The van der Waals surface area contributed by atoms with Crippen LogP contribution >= 0.6 is 0 Å². The first-order valence-electron chi connectivity index (χ1n) is 11.8. The Morgan fingerprint density at radius 2 is 1.32 bits per heavy atom. The second kappa shape index (κ2) is 9.87. The second-order valence-electron chi connectivity index (χ2n) is 10.6. The summed E-state index contributed by atoms with van der Waals surface area (Å²) in [6, 6.07) is 14.9. The van der Waals surface area contributed by atoms with Crippen LogP contribution in [-0.2, 0) is 17.4 Å². The monoisotopic (exact) mass is 461 g/mol. The molecule has 0 unspecified atom stereocenters. The molecule has 1 aromatic heterocycles. The molecule has 180 valence electrons. The summed E-state index contributed by atoms with van der Waals surface area (Å²) in [6.45, 7) is 15.3. The quantitative estimate of drug-likeness (QED) is 0.506. The number of benzene rings is 2. The molecule has 0 aliphatic rings. The number of unbranched alkanes of at least 4 members (excludes halogenated alkanes) is 1. The molecular weight excluding hydrogens is 426 g/mol. The standard InChI is InChI=1S/C27H35N5O2/c1-8-9-18-31-30-29-25(28-23(33)19-10-14-21(15-11-19)26(2,3)4)32(31)24(34)20-12-16-22(17-13-20)27(5,6)7/h10-17H,8-9,18H2,1-7H3. The van der Waals surface area contributed by atoms with E-state index in [0.717, 1.165) is 24.0 Å². The van der Waals surface area contributed by atoms with E-state index < -0.39 is 5.91 Å². The highest BCUT2D eigenvalue weighted by Gasteiger charge is 2.20. The summed E-state index contributed by atoms with van der Waals surface area (Å²) >= 11 is 0. The van der Waals surface area contributed by atoms with Crippen molar-refractivity contribution in [2.45, 2.75) is 78.7 Å². The average Bonchev–Trinajstić information content (AvgIpc) is 3.18. The summed E-state index contributed by atoms with van der Waals surface area (Å²) in [5.74, 6) is -0.788. The lowest BCUT2D eigenvalue weighted by molar-refractivity contribution is 0.0913. The Hall–Kier alpha value is -3.35. The maximum atomic E-state index is 13.4. The smallest absolute Gasteiger partial charge is 0.267 e. The highest BCUT2D eigenvalue weighted by Crippen LogP contribution is 2.23. The van der Waals surface area contributed by atoms with Crippen molar-refractivity contribution in [2.75, 3.05) is 0 Å². The van der Waals surface area contributed by atoms with Crippen molar-refractivity contribution in [3.8, 4) is 0 Å². The van der Waals surface area contributed by atoms with Crippen molar-refractivity contribution in [3.05, 3.63) is 76.4 Å². The lowest BCUT2D eigenvalue weighted by Crippen LogP contribution is -2.33. The van der Waals surface area contributed by atoms with Crippen LogP contribution in [0.15, 0.2) is 53.5 Å². The Labute approximate surface area is 201 Å². The molecule has 0 N–H and O–H groups in total. The van der Waals surface area contributed by atoms with Gasteiger partial charge in [0.25, 0.3) is 17.4 Å². The normalized spacial score (nSPS) is 12.7. The fraction of sp³-hybridized carbons (Fsp3) is 0.444. The van der Waals surface area contributed by atoms with Crippen molar-refractivity contribution >= 4 is 11.8 Å². The third-order valence-corrected chi connectivity index (χ3v) is 5.76. The number of rotatable bonds is 5. The van der Waals surface area contributed by atoms with Gasteiger partial charge >= 0.3 is 0 Å². The molecule has 1 amide bonds. The molecule has 2 aromatic carbocycles. The first-order valence-corrected chi connectivity index (χ1v) is 11.8. The van der Waals surface area contributed by atoms with Gasteiger partial charge in [0.15, 0.2) is 0 Å². The van der Waals surface area contributed by atoms with Gasteiger partial charge in [0.05, 0.1) is 6.54 Å². The van der Waals surface area contributed by atoms with E-state index in [0.29, 0.717) is 17.7 Å². The van der Waals surface area contributed by atoms with Gasteiger partial charge in [-0.15, -0.1) is 0 Å². The predicted molar refractivity (Wildman–Crippen MR) is 133 cm³/mol. The van der Waals surface area contributed by atoms with Gasteiger partial charge in [-0.2, -0.15) is 14.5 Å². The maximum Gasteiger partial charge on any atom is 0.281 e. The molecule has 3 aromatic rings. The Balaban J connectivity index is 2.00. The van der Waals surface area contributed by atoms with E-state index in [2.05, 4.69) is 63.8 Å². The minimum Gasteiger partial charge on any atom is -0.267 e. The SMILES string of the molecule is CCCCn1nnc(=NC(=O)c2ccc(C(C)(C)C)cc2)n1C(=O)c1ccc(C(C)(C)C)cc1. The fourth-order valence-electron chi connectivity index (χ4n) is 3.49. The van der Waals surface area contributed by atoms with Gasteiger partial charge in [0.1, 0.15) is 0 Å². The summed E-state index contributed by atoms with van der Waals surface area (Å²) in [5, 5.41) is 8.18. The summed E-state index contributed by atoms with van der Waals surface area (Å²) in [6.07, 6.45) is 1.75. The Kier molecular flexibility index (Phi) is 7.34.